The molecule has 6 nitrogen and oxygen atoms in total. The molecule has 0 aromatic heterocycles. The van der Waals surface area contributed by atoms with E-state index in [1.807, 2.05) is 31.2 Å². The minimum absolute atomic E-state index is 0.0141. The van der Waals surface area contributed by atoms with Crippen LogP contribution >= 0.6 is 0 Å². The summed E-state index contributed by atoms with van der Waals surface area (Å²) in [4.78, 5) is 24.0. The molecule has 3 rings (SSSR count). The number of nitrogens with one attached hydrogen (secondary N) is 2. The summed E-state index contributed by atoms with van der Waals surface area (Å²) in [7, 11) is 0. The Kier molecular flexibility index (Phi) is 6.89. The molecule has 0 atom stereocenters. The SMILES string of the molecule is CCOc1ccc(Oc2ccc(NC(=O)CNC(=O)C3CCCC3)cc2)cc1. The summed E-state index contributed by atoms with van der Waals surface area (Å²) < 4.78 is 11.2. The van der Waals surface area contributed by atoms with Crippen LogP contribution < -0.4 is 20.1 Å². The Labute approximate surface area is 165 Å². The lowest BCUT2D eigenvalue weighted by Crippen LogP contribution is -2.36. The molecule has 0 spiro atoms. The molecule has 2 amide bonds. The normalized spacial score (nSPS) is 13.8. The van der Waals surface area contributed by atoms with E-state index in [-0.39, 0.29) is 24.3 Å². The van der Waals surface area contributed by atoms with E-state index in [2.05, 4.69) is 10.6 Å². The van der Waals surface area contributed by atoms with Crippen LogP contribution in [-0.4, -0.2) is 25.0 Å². The minimum atomic E-state index is -0.244. The highest BCUT2D eigenvalue weighted by molar-refractivity contribution is 5.94. The Morgan fingerprint density at radius 2 is 1.50 bits per heavy atom. The van der Waals surface area contributed by atoms with E-state index in [0.717, 1.165) is 31.4 Å². The third-order valence-electron chi connectivity index (χ3n) is 4.66. The largest absolute Gasteiger partial charge is 0.494 e. The van der Waals surface area contributed by atoms with Gasteiger partial charge in [-0.15, -0.1) is 0 Å². The molecule has 0 bridgehead atoms. The third-order valence-corrected chi connectivity index (χ3v) is 4.66. The van der Waals surface area contributed by atoms with Crippen LogP contribution in [0.5, 0.6) is 17.2 Å². The zero-order valence-electron chi connectivity index (χ0n) is 16.1. The first-order chi connectivity index (χ1) is 13.6. The molecule has 2 aromatic carbocycles. The number of benzene rings is 2. The van der Waals surface area contributed by atoms with Gasteiger partial charge in [-0.05, 0) is 68.3 Å². The van der Waals surface area contributed by atoms with Crippen molar-refractivity contribution in [3.8, 4) is 17.2 Å². The molecule has 0 saturated heterocycles. The van der Waals surface area contributed by atoms with Gasteiger partial charge in [0.25, 0.3) is 0 Å². The van der Waals surface area contributed by atoms with Crippen molar-refractivity contribution in [1.29, 1.82) is 0 Å². The smallest absolute Gasteiger partial charge is 0.243 e. The summed E-state index contributed by atoms with van der Waals surface area (Å²) in [6, 6.07) is 14.5. The van der Waals surface area contributed by atoms with Crippen LogP contribution in [0.15, 0.2) is 48.5 Å². The fourth-order valence-corrected chi connectivity index (χ4v) is 3.22. The molecule has 2 N–H and O–H groups in total. The second kappa shape index (κ2) is 9.78. The van der Waals surface area contributed by atoms with Gasteiger partial charge in [-0.1, -0.05) is 12.8 Å². The molecule has 0 aliphatic heterocycles. The average Bonchev–Trinajstić information content (AvgIpc) is 3.24. The minimum Gasteiger partial charge on any atom is -0.494 e. The van der Waals surface area contributed by atoms with Crippen molar-refractivity contribution in [3.05, 3.63) is 48.5 Å². The molecule has 1 aliphatic rings. The maximum Gasteiger partial charge on any atom is 0.243 e. The maximum absolute atomic E-state index is 12.0. The molecule has 0 heterocycles. The van der Waals surface area contributed by atoms with E-state index in [1.54, 1.807) is 24.3 Å². The predicted octanol–water partition coefficient (Wildman–Crippen LogP) is 4.12. The van der Waals surface area contributed by atoms with Crippen LogP contribution in [0.4, 0.5) is 5.69 Å². The van der Waals surface area contributed by atoms with Gasteiger partial charge in [-0.2, -0.15) is 0 Å². The quantitative estimate of drug-likeness (QED) is 0.720. The Bertz CT molecular complexity index is 781. The molecule has 28 heavy (non-hydrogen) atoms. The van der Waals surface area contributed by atoms with Gasteiger partial charge in [0.1, 0.15) is 17.2 Å². The highest BCUT2D eigenvalue weighted by Crippen LogP contribution is 2.26. The average molecular weight is 382 g/mol. The van der Waals surface area contributed by atoms with Crippen LogP contribution in [-0.2, 0) is 9.59 Å². The van der Waals surface area contributed by atoms with Crippen molar-refractivity contribution in [2.45, 2.75) is 32.6 Å². The number of anilines is 1. The standard InChI is InChI=1S/C22H26N2O4/c1-2-27-18-11-13-20(14-12-18)28-19-9-7-17(8-10-19)24-21(25)15-23-22(26)16-5-3-4-6-16/h7-14,16H,2-6,15H2,1H3,(H,23,26)(H,24,25). The van der Waals surface area contributed by atoms with E-state index in [9.17, 15) is 9.59 Å². The zero-order chi connectivity index (χ0) is 19.8. The summed E-state index contributed by atoms with van der Waals surface area (Å²) in [5, 5.41) is 5.49. The Balaban J connectivity index is 1.45. The number of hydrogen-bond acceptors (Lipinski definition) is 4. The number of rotatable bonds is 8. The topological polar surface area (TPSA) is 76.7 Å². The third kappa shape index (κ3) is 5.74. The molecule has 1 aliphatic carbocycles. The van der Waals surface area contributed by atoms with Gasteiger partial charge in [0.15, 0.2) is 0 Å². The van der Waals surface area contributed by atoms with Crippen LogP contribution in [0.25, 0.3) is 0 Å². The molecule has 1 saturated carbocycles. The number of carbonyl (C=O) groups excluding carboxylic acids is 2. The van der Waals surface area contributed by atoms with E-state index in [1.165, 1.54) is 0 Å². The molecule has 1 fully saturated rings. The second-order valence-electron chi connectivity index (χ2n) is 6.78. The fourth-order valence-electron chi connectivity index (χ4n) is 3.22. The van der Waals surface area contributed by atoms with Gasteiger partial charge < -0.3 is 20.1 Å². The number of ether oxygens (including phenoxy) is 2. The Morgan fingerprint density at radius 3 is 2.11 bits per heavy atom. The molecular formula is C22H26N2O4. The van der Waals surface area contributed by atoms with E-state index < -0.39 is 0 Å². The zero-order valence-corrected chi connectivity index (χ0v) is 16.1. The number of hydrogen-bond donors (Lipinski definition) is 2. The van der Waals surface area contributed by atoms with Gasteiger partial charge >= 0.3 is 0 Å². The molecule has 2 aromatic rings. The van der Waals surface area contributed by atoms with Crippen LogP contribution in [0, 0.1) is 5.92 Å². The first-order valence-electron chi connectivity index (χ1n) is 9.72. The van der Waals surface area contributed by atoms with Crippen molar-refractivity contribution in [2.75, 3.05) is 18.5 Å². The number of carbonyl (C=O) groups is 2. The summed E-state index contributed by atoms with van der Waals surface area (Å²) >= 11 is 0. The monoisotopic (exact) mass is 382 g/mol. The van der Waals surface area contributed by atoms with Gasteiger partial charge in [0.05, 0.1) is 13.2 Å². The van der Waals surface area contributed by atoms with Crippen LogP contribution in [0.3, 0.4) is 0 Å². The van der Waals surface area contributed by atoms with Crippen molar-refractivity contribution >= 4 is 17.5 Å². The molecule has 0 unspecified atom stereocenters. The van der Waals surface area contributed by atoms with Crippen molar-refractivity contribution < 1.29 is 19.1 Å². The fraction of sp³-hybridized carbons (Fsp3) is 0.364. The number of amides is 2. The summed E-state index contributed by atoms with van der Waals surface area (Å²) in [6.45, 7) is 2.55. The van der Waals surface area contributed by atoms with Gasteiger partial charge in [0.2, 0.25) is 11.8 Å². The highest BCUT2D eigenvalue weighted by atomic mass is 16.5. The van der Waals surface area contributed by atoms with Crippen molar-refractivity contribution in [3.63, 3.8) is 0 Å². The van der Waals surface area contributed by atoms with E-state index >= 15 is 0 Å². The molecule has 148 valence electrons. The van der Waals surface area contributed by atoms with Crippen LogP contribution in [0.1, 0.15) is 32.6 Å². The second-order valence-corrected chi connectivity index (χ2v) is 6.78. The maximum atomic E-state index is 12.0. The van der Waals surface area contributed by atoms with Crippen LogP contribution in [0.2, 0.25) is 0 Å². The lowest BCUT2D eigenvalue weighted by molar-refractivity contribution is -0.127. The molecular weight excluding hydrogens is 356 g/mol. The molecule has 0 radical (unpaired) electrons. The lowest BCUT2D eigenvalue weighted by Gasteiger charge is -2.11. The first kappa shape index (κ1) is 19.7. The van der Waals surface area contributed by atoms with Crippen molar-refractivity contribution in [1.82, 2.24) is 5.32 Å². The predicted molar refractivity (Wildman–Crippen MR) is 108 cm³/mol. The molecule has 6 heteroatoms. The highest BCUT2D eigenvalue weighted by Gasteiger charge is 2.22. The summed E-state index contributed by atoms with van der Waals surface area (Å²) in [5.41, 5.74) is 0.652. The Morgan fingerprint density at radius 1 is 0.929 bits per heavy atom. The van der Waals surface area contributed by atoms with Gasteiger partial charge in [-0.25, -0.2) is 0 Å². The summed E-state index contributed by atoms with van der Waals surface area (Å²) in [5.74, 6) is 1.96. The van der Waals surface area contributed by atoms with Gasteiger partial charge in [0, 0.05) is 11.6 Å². The lowest BCUT2D eigenvalue weighted by atomic mass is 10.1. The van der Waals surface area contributed by atoms with Gasteiger partial charge in [-0.3, -0.25) is 9.59 Å². The summed E-state index contributed by atoms with van der Waals surface area (Å²) in [6.07, 6.45) is 4.03. The van der Waals surface area contributed by atoms with E-state index in [0.29, 0.717) is 23.8 Å². The van der Waals surface area contributed by atoms with E-state index in [4.69, 9.17) is 9.47 Å². The van der Waals surface area contributed by atoms with Crippen molar-refractivity contribution in [2.24, 2.45) is 5.92 Å². The first-order valence-corrected chi connectivity index (χ1v) is 9.72. The Hall–Kier alpha value is -3.02.